The Bertz CT molecular complexity index is 827. The fourth-order valence-electron chi connectivity index (χ4n) is 6.56. The van der Waals surface area contributed by atoms with Gasteiger partial charge in [0.2, 0.25) is 5.91 Å². The van der Waals surface area contributed by atoms with E-state index < -0.39 is 12.7 Å². The fraction of sp³-hybridized carbons (Fsp3) is 0.704. The average molecular weight is 472 g/mol. The molecule has 2 bridgehead atoms. The van der Waals surface area contributed by atoms with Crippen LogP contribution in [-0.4, -0.2) is 76.3 Å². The van der Waals surface area contributed by atoms with Gasteiger partial charge in [0.1, 0.15) is 0 Å². The normalized spacial score (nSPS) is 26.7. The summed E-state index contributed by atoms with van der Waals surface area (Å²) in [7, 11) is 0. The number of amides is 2. The van der Waals surface area contributed by atoms with Gasteiger partial charge < -0.3 is 20.8 Å². The number of carbonyl (C=O) groups excluding carboxylic acids is 2. The highest BCUT2D eigenvalue weighted by atomic mass is 16.3. The number of rotatable bonds is 9. The minimum absolute atomic E-state index is 0.337. The van der Waals surface area contributed by atoms with E-state index in [1.165, 1.54) is 31.2 Å². The van der Waals surface area contributed by atoms with Crippen molar-refractivity contribution >= 4 is 11.8 Å². The number of aliphatic hydroxyl groups excluding tert-OH is 2. The molecule has 2 saturated heterocycles. The van der Waals surface area contributed by atoms with Crippen LogP contribution in [0.25, 0.3) is 0 Å². The summed E-state index contributed by atoms with van der Waals surface area (Å²) in [5.74, 6) is 0.192. The summed E-state index contributed by atoms with van der Waals surface area (Å²) in [6, 6.07) is 8.70. The van der Waals surface area contributed by atoms with E-state index in [-0.39, 0.29) is 11.8 Å². The Hall–Kier alpha value is -1.96. The Morgan fingerprint density at radius 1 is 1.06 bits per heavy atom. The highest BCUT2D eigenvalue weighted by Crippen LogP contribution is 2.41. The molecule has 7 nitrogen and oxygen atoms in total. The van der Waals surface area contributed by atoms with Crippen molar-refractivity contribution < 1.29 is 19.8 Å². The van der Waals surface area contributed by atoms with E-state index in [2.05, 4.69) is 11.0 Å². The second-order valence-electron chi connectivity index (χ2n) is 10.6. The van der Waals surface area contributed by atoms with Gasteiger partial charge in [-0.3, -0.25) is 14.5 Å². The van der Waals surface area contributed by atoms with Gasteiger partial charge >= 0.3 is 0 Å². The lowest BCUT2D eigenvalue weighted by molar-refractivity contribution is -0.143. The van der Waals surface area contributed by atoms with Crippen molar-refractivity contribution in [1.29, 1.82) is 0 Å². The number of hydrogen-bond donors (Lipinski definition) is 3. The minimum atomic E-state index is -1.33. The molecule has 2 aliphatic heterocycles. The van der Waals surface area contributed by atoms with Crippen LogP contribution < -0.4 is 5.73 Å². The van der Waals surface area contributed by atoms with Crippen molar-refractivity contribution in [1.82, 2.24) is 9.80 Å². The first-order valence-electron chi connectivity index (χ1n) is 13.2. The molecule has 4 N–H and O–H groups in total. The van der Waals surface area contributed by atoms with Gasteiger partial charge in [-0.2, -0.15) is 0 Å². The summed E-state index contributed by atoms with van der Waals surface area (Å²) in [5.41, 5.74) is 7.28. The van der Waals surface area contributed by atoms with Crippen LogP contribution in [0.4, 0.5) is 0 Å². The number of fused-ring (bicyclic) bond motifs is 2. The maximum atomic E-state index is 12.9. The maximum absolute atomic E-state index is 12.9. The van der Waals surface area contributed by atoms with Gasteiger partial charge in [-0.25, -0.2) is 0 Å². The lowest BCUT2D eigenvalue weighted by Gasteiger charge is -2.49. The van der Waals surface area contributed by atoms with Crippen LogP contribution >= 0.6 is 0 Å². The van der Waals surface area contributed by atoms with Crippen LogP contribution in [0, 0.1) is 5.92 Å². The minimum Gasteiger partial charge on any atom is -0.393 e. The van der Waals surface area contributed by atoms with Crippen LogP contribution in [0.3, 0.4) is 0 Å². The van der Waals surface area contributed by atoms with Gasteiger partial charge in [-0.1, -0.05) is 37.8 Å². The summed E-state index contributed by atoms with van der Waals surface area (Å²) >= 11 is 0. The van der Waals surface area contributed by atoms with E-state index >= 15 is 0 Å². The SMILES string of the molecule is NC(=O)c1cccc(C2C[C@H]3CCC[C@@H](C2)N3CCN(CC2CCCCC2)C(=O)[C@@H](O)CO)c1. The number of piperidine rings is 2. The zero-order valence-corrected chi connectivity index (χ0v) is 20.3. The Kier molecular flexibility index (Phi) is 8.61. The molecule has 0 radical (unpaired) electrons. The Morgan fingerprint density at radius 3 is 2.41 bits per heavy atom. The van der Waals surface area contributed by atoms with Gasteiger partial charge in [-0.05, 0) is 68.1 Å². The molecule has 1 aliphatic carbocycles. The maximum Gasteiger partial charge on any atom is 0.253 e. The number of carbonyl (C=O) groups is 2. The Morgan fingerprint density at radius 2 is 1.76 bits per heavy atom. The van der Waals surface area contributed by atoms with E-state index in [1.54, 1.807) is 6.07 Å². The quantitative estimate of drug-likeness (QED) is 0.513. The molecular formula is C27H41N3O4. The number of nitrogens with two attached hydrogens (primary N) is 1. The van der Waals surface area contributed by atoms with E-state index in [4.69, 9.17) is 5.73 Å². The van der Waals surface area contributed by atoms with Crippen LogP contribution in [0.2, 0.25) is 0 Å². The fourth-order valence-corrected chi connectivity index (χ4v) is 6.56. The number of aliphatic hydroxyl groups is 2. The standard InChI is InChI=1S/C27H41N3O4/c28-26(33)21-9-4-8-20(14-21)22-15-23-10-5-11-24(16-22)30(23)13-12-29(27(34)25(32)18-31)17-19-6-2-1-3-7-19/h4,8-9,14,19,22-25,31-32H,1-3,5-7,10-13,15-18H2,(H2,28,33)/t22?,23-,24+,25-/m0/s1. The molecule has 3 aliphatic rings. The molecule has 1 saturated carbocycles. The predicted molar refractivity (Wildman–Crippen MR) is 131 cm³/mol. The third-order valence-electron chi connectivity index (χ3n) is 8.37. The molecule has 2 amide bonds. The molecule has 1 aromatic carbocycles. The second kappa shape index (κ2) is 11.6. The van der Waals surface area contributed by atoms with Crippen molar-refractivity contribution in [2.24, 2.45) is 11.7 Å². The first-order valence-corrected chi connectivity index (χ1v) is 13.2. The highest BCUT2D eigenvalue weighted by molar-refractivity contribution is 5.92. The summed E-state index contributed by atoms with van der Waals surface area (Å²) in [5, 5.41) is 19.4. The molecule has 188 valence electrons. The molecule has 1 unspecified atom stereocenters. The van der Waals surface area contributed by atoms with Crippen LogP contribution in [0.1, 0.15) is 86.0 Å². The smallest absolute Gasteiger partial charge is 0.253 e. The number of benzene rings is 1. The van der Waals surface area contributed by atoms with Crippen LogP contribution in [0.5, 0.6) is 0 Å². The van der Waals surface area contributed by atoms with E-state index in [0.717, 1.165) is 45.1 Å². The van der Waals surface area contributed by atoms with Crippen molar-refractivity contribution in [3.63, 3.8) is 0 Å². The van der Waals surface area contributed by atoms with Gasteiger partial charge in [0.05, 0.1) is 6.61 Å². The third-order valence-corrected chi connectivity index (χ3v) is 8.37. The van der Waals surface area contributed by atoms with E-state index in [9.17, 15) is 19.8 Å². The zero-order valence-electron chi connectivity index (χ0n) is 20.3. The molecule has 2 heterocycles. The predicted octanol–water partition coefficient (Wildman–Crippen LogP) is 2.65. The van der Waals surface area contributed by atoms with Gasteiger partial charge in [-0.15, -0.1) is 0 Å². The molecule has 7 heteroatoms. The molecule has 1 aromatic rings. The largest absolute Gasteiger partial charge is 0.393 e. The Labute approximate surface area is 203 Å². The highest BCUT2D eigenvalue weighted by Gasteiger charge is 2.39. The molecule has 0 spiro atoms. The number of nitrogens with zero attached hydrogens (tertiary/aromatic N) is 2. The topological polar surface area (TPSA) is 107 Å². The molecule has 34 heavy (non-hydrogen) atoms. The zero-order chi connectivity index (χ0) is 24.1. The van der Waals surface area contributed by atoms with E-state index in [1.807, 2.05) is 17.0 Å². The summed E-state index contributed by atoms with van der Waals surface area (Å²) < 4.78 is 0. The molecule has 0 aromatic heterocycles. The van der Waals surface area contributed by atoms with Gasteiger partial charge in [0.15, 0.2) is 6.10 Å². The van der Waals surface area contributed by atoms with E-state index in [0.29, 0.717) is 42.6 Å². The van der Waals surface area contributed by atoms with Crippen LogP contribution in [0.15, 0.2) is 24.3 Å². The number of hydrogen-bond acceptors (Lipinski definition) is 5. The number of primary amides is 1. The first-order chi connectivity index (χ1) is 16.5. The monoisotopic (exact) mass is 471 g/mol. The molecule has 4 atom stereocenters. The lowest BCUT2D eigenvalue weighted by atomic mass is 9.75. The molecular weight excluding hydrogens is 430 g/mol. The first kappa shape index (κ1) is 25.1. The van der Waals surface area contributed by atoms with Crippen molar-refractivity contribution in [3.8, 4) is 0 Å². The lowest BCUT2D eigenvalue weighted by Crippen LogP contribution is -2.55. The molecule has 3 fully saturated rings. The summed E-state index contributed by atoms with van der Waals surface area (Å²) in [6.07, 6.45) is 10.3. The van der Waals surface area contributed by atoms with Crippen molar-refractivity contribution in [2.45, 2.75) is 88.3 Å². The van der Waals surface area contributed by atoms with Crippen LogP contribution in [-0.2, 0) is 4.79 Å². The van der Waals surface area contributed by atoms with Gasteiger partial charge in [0, 0.05) is 37.3 Å². The summed E-state index contributed by atoms with van der Waals surface area (Å²) in [4.78, 5) is 28.9. The van der Waals surface area contributed by atoms with Crippen molar-refractivity contribution in [3.05, 3.63) is 35.4 Å². The Balaban J connectivity index is 1.41. The second-order valence-corrected chi connectivity index (χ2v) is 10.6. The van der Waals surface area contributed by atoms with Crippen molar-refractivity contribution in [2.75, 3.05) is 26.2 Å². The molecule has 4 rings (SSSR count). The summed E-state index contributed by atoms with van der Waals surface area (Å²) in [6.45, 7) is 1.56. The van der Waals surface area contributed by atoms with Gasteiger partial charge in [0.25, 0.3) is 5.91 Å². The third kappa shape index (κ3) is 5.99. The average Bonchev–Trinajstić information content (AvgIpc) is 2.85.